The van der Waals surface area contributed by atoms with Crippen LogP contribution in [0.5, 0.6) is 11.5 Å². The molecule has 0 aromatic heterocycles. The van der Waals surface area contributed by atoms with Gasteiger partial charge in [0.1, 0.15) is 0 Å². The van der Waals surface area contributed by atoms with Crippen molar-refractivity contribution < 1.29 is 23.8 Å². The normalized spacial score (nSPS) is 22.7. The predicted molar refractivity (Wildman–Crippen MR) is 112 cm³/mol. The number of hydrogen-bond acceptors (Lipinski definition) is 5. The van der Waals surface area contributed by atoms with Crippen molar-refractivity contribution in [3.63, 3.8) is 0 Å². The maximum Gasteiger partial charge on any atom is 0.225 e. The SMILES string of the molecule is COc1ccc(CC(=O)NCC2CCC3(CCN(C(=O)C4CC4)CC3)O2)cc1OC. The lowest BCUT2D eigenvalue weighted by atomic mass is 9.88. The van der Waals surface area contributed by atoms with Gasteiger partial charge in [0, 0.05) is 25.6 Å². The molecule has 7 heteroatoms. The highest BCUT2D eigenvalue weighted by Gasteiger charge is 2.44. The number of rotatable bonds is 7. The standard InChI is InChI=1S/C23H32N2O5/c1-28-19-6-3-16(13-20(19)29-2)14-21(26)24-15-18-7-8-23(30-18)9-11-25(12-10-23)22(27)17-4-5-17/h3,6,13,17-18H,4-5,7-12,14-15H2,1-2H3,(H,24,26). The second kappa shape index (κ2) is 8.84. The molecular weight excluding hydrogens is 384 g/mol. The van der Waals surface area contributed by atoms with E-state index in [1.807, 2.05) is 23.1 Å². The number of carbonyl (C=O) groups is 2. The maximum atomic E-state index is 12.4. The molecule has 30 heavy (non-hydrogen) atoms. The molecule has 0 bridgehead atoms. The zero-order valence-electron chi connectivity index (χ0n) is 17.9. The molecule has 2 aliphatic heterocycles. The first-order chi connectivity index (χ1) is 14.5. The van der Waals surface area contributed by atoms with E-state index in [2.05, 4.69) is 5.32 Å². The summed E-state index contributed by atoms with van der Waals surface area (Å²) in [5.74, 6) is 1.86. The molecule has 1 aromatic carbocycles. The van der Waals surface area contributed by atoms with Gasteiger partial charge in [0.05, 0.1) is 32.3 Å². The van der Waals surface area contributed by atoms with Crippen LogP contribution in [0.1, 0.15) is 44.1 Å². The van der Waals surface area contributed by atoms with Crippen molar-refractivity contribution in [1.29, 1.82) is 0 Å². The Labute approximate surface area is 178 Å². The minimum atomic E-state index is -0.112. The Bertz CT molecular complexity index is 784. The Hall–Kier alpha value is -2.28. The van der Waals surface area contributed by atoms with E-state index in [9.17, 15) is 9.59 Å². The molecule has 2 saturated heterocycles. The van der Waals surface area contributed by atoms with Crippen molar-refractivity contribution in [3.05, 3.63) is 23.8 Å². The Kier molecular flexibility index (Phi) is 6.18. The van der Waals surface area contributed by atoms with Gasteiger partial charge in [0.25, 0.3) is 0 Å². The average molecular weight is 417 g/mol. The van der Waals surface area contributed by atoms with Crippen LogP contribution in [-0.2, 0) is 20.7 Å². The third-order valence-corrected chi connectivity index (χ3v) is 6.59. The molecule has 4 rings (SSSR count). The third kappa shape index (κ3) is 4.72. The van der Waals surface area contributed by atoms with E-state index in [0.717, 1.165) is 57.2 Å². The minimum Gasteiger partial charge on any atom is -0.493 e. The van der Waals surface area contributed by atoms with Crippen molar-refractivity contribution in [2.45, 2.75) is 56.7 Å². The summed E-state index contributed by atoms with van der Waals surface area (Å²) < 4.78 is 16.9. The van der Waals surface area contributed by atoms with Crippen LogP contribution in [0.25, 0.3) is 0 Å². The van der Waals surface area contributed by atoms with Crippen LogP contribution in [0.15, 0.2) is 18.2 Å². The maximum absolute atomic E-state index is 12.4. The fourth-order valence-corrected chi connectivity index (χ4v) is 4.60. The van der Waals surface area contributed by atoms with Crippen LogP contribution in [0.3, 0.4) is 0 Å². The number of piperidine rings is 1. The number of methoxy groups -OCH3 is 2. The minimum absolute atomic E-state index is 0.0309. The fourth-order valence-electron chi connectivity index (χ4n) is 4.60. The molecule has 1 atom stereocenters. The van der Waals surface area contributed by atoms with E-state index >= 15 is 0 Å². The van der Waals surface area contributed by atoms with E-state index in [4.69, 9.17) is 14.2 Å². The van der Waals surface area contributed by atoms with E-state index in [-0.39, 0.29) is 30.0 Å². The number of likely N-dealkylation sites (tertiary alicyclic amines) is 1. The predicted octanol–water partition coefficient (Wildman–Crippen LogP) is 2.31. The quantitative estimate of drug-likeness (QED) is 0.738. The zero-order valence-corrected chi connectivity index (χ0v) is 17.9. The molecule has 2 amide bonds. The van der Waals surface area contributed by atoms with E-state index < -0.39 is 0 Å². The third-order valence-electron chi connectivity index (χ3n) is 6.59. The Morgan fingerprint density at radius 1 is 1.10 bits per heavy atom. The molecule has 164 valence electrons. The highest BCUT2D eigenvalue weighted by Crippen LogP contribution is 2.40. The van der Waals surface area contributed by atoms with Gasteiger partial charge in [-0.1, -0.05) is 6.07 Å². The second-order valence-electron chi connectivity index (χ2n) is 8.73. The van der Waals surface area contributed by atoms with Gasteiger partial charge in [-0.3, -0.25) is 9.59 Å². The summed E-state index contributed by atoms with van der Waals surface area (Å²) in [6.07, 6.45) is 6.22. The van der Waals surface area contributed by atoms with Crippen LogP contribution < -0.4 is 14.8 Å². The van der Waals surface area contributed by atoms with E-state index in [1.54, 1.807) is 14.2 Å². The summed E-state index contributed by atoms with van der Waals surface area (Å²) in [7, 11) is 3.18. The summed E-state index contributed by atoms with van der Waals surface area (Å²) in [6.45, 7) is 2.13. The molecule has 3 fully saturated rings. The van der Waals surface area contributed by atoms with Gasteiger partial charge in [0.15, 0.2) is 11.5 Å². The molecule has 1 saturated carbocycles. The number of benzene rings is 1. The van der Waals surface area contributed by atoms with Crippen molar-refractivity contribution in [2.24, 2.45) is 5.92 Å². The van der Waals surface area contributed by atoms with Gasteiger partial charge in [-0.05, 0) is 56.2 Å². The zero-order chi connectivity index (χ0) is 21.1. The van der Waals surface area contributed by atoms with Crippen molar-refractivity contribution in [1.82, 2.24) is 10.2 Å². The summed E-state index contributed by atoms with van der Waals surface area (Å²) >= 11 is 0. The smallest absolute Gasteiger partial charge is 0.225 e. The van der Waals surface area contributed by atoms with Crippen molar-refractivity contribution in [3.8, 4) is 11.5 Å². The lowest BCUT2D eigenvalue weighted by Gasteiger charge is -2.39. The highest BCUT2D eigenvalue weighted by molar-refractivity contribution is 5.81. The van der Waals surface area contributed by atoms with E-state index in [0.29, 0.717) is 24.0 Å². The highest BCUT2D eigenvalue weighted by atomic mass is 16.5. The van der Waals surface area contributed by atoms with Crippen LogP contribution >= 0.6 is 0 Å². The Morgan fingerprint density at radius 3 is 2.50 bits per heavy atom. The summed E-state index contributed by atoms with van der Waals surface area (Å²) in [5, 5.41) is 3.01. The topological polar surface area (TPSA) is 77.1 Å². The van der Waals surface area contributed by atoms with Crippen LogP contribution in [0.2, 0.25) is 0 Å². The largest absolute Gasteiger partial charge is 0.493 e. The number of ether oxygens (including phenoxy) is 3. The van der Waals surface area contributed by atoms with Gasteiger partial charge < -0.3 is 24.4 Å². The monoisotopic (exact) mass is 416 g/mol. The lowest BCUT2D eigenvalue weighted by molar-refractivity contribution is -0.139. The number of nitrogens with zero attached hydrogens (tertiary/aromatic N) is 1. The summed E-state index contributed by atoms with van der Waals surface area (Å²) in [6, 6.07) is 5.51. The first kappa shape index (κ1) is 21.0. The average Bonchev–Trinajstić information content (AvgIpc) is 3.54. The van der Waals surface area contributed by atoms with Crippen LogP contribution in [0, 0.1) is 5.92 Å². The van der Waals surface area contributed by atoms with Crippen molar-refractivity contribution >= 4 is 11.8 Å². The molecule has 1 aromatic rings. The fraction of sp³-hybridized carbons (Fsp3) is 0.652. The van der Waals surface area contributed by atoms with Gasteiger partial charge in [-0.15, -0.1) is 0 Å². The molecule has 1 spiro atoms. The summed E-state index contributed by atoms with van der Waals surface area (Å²) in [5.41, 5.74) is 0.765. The molecule has 1 N–H and O–H groups in total. The lowest BCUT2D eigenvalue weighted by Crippen LogP contribution is -2.47. The number of amides is 2. The first-order valence-corrected chi connectivity index (χ1v) is 11.0. The molecule has 2 heterocycles. The molecular formula is C23H32N2O5. The summed E-state index contributed by atoms with van der Waals surface area (Å²) in [4.78, 5) is 26.7. The van der Waals surface area contributed by atoms with Crippen molar-refractivity contribution in [2.75, 3.05) is 33.9 Å². The number of carbonyl (C=O) groups excluding carboxylic acids is 2. The first-order valence-electron chi connectivity index (χ1n) is 11.0. The van der Waals surface area contributed by atoms with Crippen LogP contribution in [0.4, 0.5) is 0 Å². The van der Waals surface area contributed by atoms with Gasteiger partial charge in [-0.25, -0.2) is 0 Å². The Morgan fingerprint density at radius 2 is 1.83 bits per heavy atom. The van der Waals surface area contributed by atoms with Gasteiger partial charge in [0.2, 0.25) is 11.8 Å². The number of hydrogen-bond donors (Lipinski definition) is 1. The van der Waals surface area contributed by atoms with Gasteiger partial charge in [-0.2, -0.15) is 0 Å². The Balaban J connectivity index is 1.21. The van der Waals surface area contributed by atoms with Crippen LogP contribution in [-0.4, -0.2) is 62.3 Å². The molecule has 7 nitrogen and oxygen atoms in total. The molecule has 3 aliphatic rings. The molecule has 1 unspecified atom stereocenters. The second-order valence-corrected chi connectivity index (χ2v) is 8.73. The van der Waals surface area contributed by atoms with Gasteiger partial charge >= 0.3 is 0 Å². The van der Waals surface area contributed by atoms with E-state index in [1.165, 1.54) is 0 Å². The molecule has 0 radical (unpaired) electrons. The molecule has 1 aliphatic carbocycles. The number of nitrogens with one attached hydrogen (secondary N) is 1.